The largest absolute Gasteiger partial charge is 0.322 e. The molecule has 0 spiro atoms. The Morgan fingerprint density at radius 1 is 1.10 bits per heavy atom. The Hall–Kier alpha value is -2.43. The summed E-state index contributed by atoms with van der Waals surface area (Å²) in [6.45, 7) is 6.59. The van der Waals surface area contributed by atoms with Crippen LogP contribution in [0.15, 0.2) is 48.5 Å². The fraction of sp³-hybridized carbons (Fsp3) is 0.250. The van der Waals surface area contributed by atoms with E-state index in [-0.39, 0.29) is 0 Å². The van der Waals surface area contributed by atoms with Crippen LogP contribution < -0.4 is 4.90 Å². The first-order valence-electron chi connectivity index (χ1n) is 10.00. The summed E-state index contributed by atoms with van der Waals surface area (Å²) in [6.07, 6.45) is 2.04. The maximum atomic E-state index is 6.38. The number of benzene rings is 2. The van der Waals surface area contributed by atoms with E-state index in [1.165, 1.54) is 32.8 Å². The molecule has 5 rings (SSSR count). The highest BCUT2D eigenvalue weighted by molar-refractivity contribution is 7.19. The number of thiophene rings is 1. The Bertz CT molecular complexity index is 1210. The van der Waals surface area contributed by atoms with Crippen molar-refractivity contribution in [3.63, 3.8) is 0 Å². The van der Waals surface area contributed by atoms with E-state index in [0.717, 1.165) is 28.9 Å². The van der Waals surface area contributed by atoms with Crippen LogP contribution in [0.4, 0.5) is 11.5 Å². The van der Waals surface area contributed by atoms with Gasteiger partial charge in [-0.2, -0.15) is 4.98 Å². The summed E-state index contributed by atoms with van der Waals surface area (Å²) in [5, 5.41) is 1.41. The molecule has 0 amide bonds. The molecule has 0 saturated heterocycles. The number of fused-ring (bicyclic) bond motifs is 2. The van der Waals surface area contributed by atoms with Crippen LogP contribution in [-0.4, -0.2) is 16.0 Å². The van der Waals surface area contributed by atoms with Crippen LogP contribution in [0.1, 0.15) is 29.9 Å². The standard InChI is InChI=1S/C24H22ClN3S/c1-4-16-9-11-17(12-10-16)20-15(3)29-23-21(20)22(26-24(25)27-23)28-14(2)13-18-7-5-6-8-19(18)28/h5-12,14H,4,13H2,1-3H3. The quantitative estimate of drug-likeness (QED) is 0.336. The minimum atomic E-state index is 0.304. The third kappa shape index (κ3) is 3.02. The first-order valence-corrected chi connectivity index (χ1v) is 11.2. The zero-order valence-corrected chi connectivity index (χ0v) is 18.3. The van der Waals surface area contributed by atoms with E-state index in [1.54, 1.807) is 11.3 Å². The number of nitrogens with zero attached hydrogens (tertiary/aromatic N) is 3. The predicted molar refractivity (Wildman–Crippen MR) is 124 cm³/mol. The van der Waals surface area contributed by atoms with Gasteiger partial charge in [0.2, 0.25) is 5.28 Å². The maximum Gasteiger partial charge on any atom is 0.225 e. The van der Waals surface area contributed by atoms with Gasteiger partial charge in [-0.25, -0.2) is 4.98 Å². The van der Waals surface area contributed by atoms with Crippen molar-refractivity contribution < 1.29 is 0 Å². The predicted octanol–water partition coefficient (Wildman–Crippen LogP) is 6.97. The highest BCUT2D eigenvalue weighted by Crippen LogP contribution is 2.46. The molecule has 146 valence electrons. The van der Waals surface area contributed by atoms with Gasteiger partial charge >= 0.3 is 0 Å². The lowest BCUT2D eigenvalue weighted by atomic mass is 10.0. The summed E-state index contributed by atoms with van der Waals surface area (Å²) >= 11 is 8.07. The van der Waals surface area contributed by atoms with Gasteiger partial charge < -0.3 is 4.90 Å². The number of aromatic nitrogens is 2. The molecule has 2 aromatic heterocycles. The molecule has 1 atom stereocenters. The van der Waals surface area contributed by atoms with Gasteiger partial charge in [0, 0.05) is 22.2 Å². The summed E-state index contributed by atoms with van der Waals surface area (Å²) in [4.78, 5) is 13.8. The fourth-order valence-electron chi connectivity index (χ4n) is 4.39. The van der Waals surface area contributed by atoms with E-state index in [4.69, 9.17) is 16.6 Å². The molecular formula is C24H22ClN3S. The van der Waals surface area contributed by atoms with Crippen LogP contribution in [0.5, 0.6) is 0 Å². The molecule has 0 fully saturated rings. The molecule has 1 unspecified atom stereocenters. The minimum Gasteiger partial charge on any atom is -0.322 e. The number of halogens is 1. The fourth-order valence-corrected chi connectivity index (χ4v) is 5.64. The SMILES string of the molecule is CCc1ccc(-c2c(C)sc3nc(Cl)nc(N4c5ccccc5CC4C)c23)cc1. The van der Waals surface area contributed by atoms with Crippen molar-refractivity contribution >= 4 is 44.7 Å². The third-order valence-corrected chi connectivity index (χ3v) is 6.94. The van der Waals surface area contributed by atoms with Crippen molar-refractivity contribution in [1.29, 1.82) is 0 Å². The second-order valence-corrected chi connectivity index (χ2v) is 9.17. The molecule has 0 bridgehead atoms. The van der Waals surface area contributed by atoms with E-state index in [2.05, 4.69) is 79.2 Å². The monoisotopic (exact) mass is 419 g/mol. The van der Waals surface area contributed by atoms with Crippen molar-refractivity contribution in [3.05, 3.63) is 69.8 Å². The minimum absolute atomic E-state index is 0.304. The van der Waals surface area contributed by atoms with E-state index < -0.39 is 0 Å². The zero-order valence-electron chi connectivity index (χ0n) is 16.7. The van der Waals surface area contributed by atoms with Crippen LogP contribution in [0.2, 0.25) is 5.28 Å². The van der Waals surface area contributed by atoms with Gasteiger partial charge in [0.25, 0.3) is 0 Å². The van der Waals surface area contributed by atoms with Gasteiger partial charge in [0.05, 0.1) is 5.39 Å². The summed E-state index contributed by atoms with van der Waals surface area (Å²) in [5.74, 6) is 0.913. The van der Waals surface area contributed by atoms with Crippen LogP contribution in [-0.2, 0) is 12.8 Å². The van der Waals surface area contributed by atoms with Gasteiger partial charge in [0.1, 0.15) is 10.6 Å². The van der Waals surface area contributed by atoms with E-state index in [1.807, 2.05) is 0 Å². The topological polar surface area (TPSA) is 29.0 Å². The molecule has 3 heterocycles. The Kier molecular flexibility index (Phi) is 4.56. The summed E-state index contributed by atoms with van der Waals surface area (Å²) in [6, 6.07) is 17.7. The second-order valence-electron chi connectivity index (χ2n) is 7.63. The van der Waals surface area contributed by atoms with E-state index >= 15 is 0 Å². The maximum absolute atomic E-state index is 6.38. The lowest BCUT2D eigenvalue weighted by Crippen LogP contribution is -2.25. The average Bonchev–Trinajstić information content (AvgIpc) is 3.22. The first kappa shape index (κ1) is 18.6. The van der Waals surface area contributed by atoms with Crippen molar-refractivity contribution in [2.75, 3.05) is 4.90 Å². The van der Waals surface area contributed by atoms with Crippen molar-refractivity contribution in [2.45, 2.75) is 39.7 Å². The van der Waals surface area contributed by atoms with Crippen molar-refractivity contribution in [3.8, 4) is 11.1 Å². The summed E-state index contributed by atoms with van der Waals surface area (Å²) in [5.41, 5.74) is 6.33. The molecule has 0 N–H and O–H groups in total. The summed E-state index contributed by atoms with van der Waals surface area (Å²) < 4.78 is 0. The molecule has 0 radical (unpaired) electrons. The number of rotatable bonds is 3. The molecule has 1 aliphatic heterocycles. The van der Waals surface area contributed by atoms with Crippen molar-refractivity contribution in [2.24, 2.45) is 0 Å². The smallest absolute Gasteiger partial charge is 0.225 e. The number of anilines is 2. The highest BCUT2D eigenvalue weighted by atomic mass is 35.5. The summed E-state index contributed by atoms with van der Waals surface area (Å²) in [7, 11) is 0. The highest BCUT2D eigenvalue weighted by Gasteiger charge is 2.31. The zero-order chi connectivity index (χ0) is 20.1. The van der Waals surface area contributed by atoms with Crippen LogP contribution >= 0.6 is 22.9 Å². The molecule has 3 nitrogen and oxygen atoms in total. The van der Waals surface area contributed by atoms with E-state index in [0.29, 0.717) is 11.3 Å². The molecule has 0 aliphatic carbocycles. The molecule has 1 aliphatic rings. The van der Waals surface area contributed by atoms with Gasteiger partial charge in [0.15, 0.2) is 0 Å². The van der Waals surface area contributed by atoms with Gasteiger partial charge in [-0.05, 0) is 61.0 Å². The van der Waals surface area contributed by atoms with Gasteiger partial charge in [-0.15, -0.1) is 11.3 Å². The number of aryl methyl sites for hydroxylation is 2. The average molecular weight is 420 g/mol. The Morgan fingerprint density at radius 2 is 1.86 bits per heavy atom. The van der Waals surface area contributed by atoms with Gasteiger partial charge in [-0.3, -0.25) is 0 Å². The van der Waals surface area contributed by atoms with Gasteiger partial charge in [-0.1, -0.05) is 49.4 Å². The Labute approximate surface area is 180 Å². The first-order chi connectivity index (χ1) is 14.1. The molecule has 5 heteroatoms. The Morgan fingerprint density at radius 3 is 2.62 bits per heavy atom. The number of hydrogen-bond acceptors (Lipinski definition) is 4. The molecule has 0 saturated carbocycles. The normalized spacial score (nSPS) is 15.9. The van der Waals surface area contributed by atoms with Crippen LogP contribution in [0, 0.1) is 6.92 Å². The van der Waals surface area contributed by atoms with E-state index in [9.17, 15) is 0 Å². The molecule has 2 aromatic carbocycles. The second kappa shape index (κ2) is 7.12. The van der Waals surface area contributed by atoms with Crippen LogP contribution in [0.25, 0.3) is 21.3 Å². The lowest BCUT2D eigenvalue weighted by molar-refractivity contribution is 0.752. The molecular weight excluding hydrogens is 398 g/mol. The number of para-hydroxylation sites is 1. The third-order valence-electron chi connectivity index (χ3n) is 5.77. The van der Waals surface area contributed by atoms with Crippen LogP contribution in [0.3, 0.4) is 0 Å². The lowest BCUT2D eigenvalue weighted by Gasteiger charge is -2.25. The van der Waals surface area contributed by atoms with Crippen molar-refractivity contribution in [1.82, 2.24) is 9.97 Å². The number of hydrogen-bond donors (Lipinski definition) is 0. The Balaban J connectivity index is 1.78. The molecule has 29 heavy (non-hydrogen) atoms. The molecule has 4 aromatic rings.